The summed E-state index contributed by atoms with van der Waals surface area (Å²) < 4.78 is 5.93. The van der Waals surface area contributed by atoms with Gasteiger partial charge in [-0.25, -0.2) is 0 Å². The fourth-order valence-electron chi connectivity index (χ4n) is 5.32. The molecule has 4 rings (SSSR count). The average Bonchev–Trinajstić information content (AvgIpc) is 2.76. The van der Waals surface area contributed by atoms with Gasteiger partial charge in [-0.1, -0.05) is 74.0 Å². The zero-order chi connectivity index (χ0) is 20.1. The molecule has 0 spiro atoms. The van der Waals surface area contributed by atoms with Crippen molar-refractivity contribution in [3.05, 3.63) is 71.8 Å². The molecule has 0 N–H and O–H groups in total. The average molecular weight is 392 g/mol. The van der Waals surface area contributed by atoms with Gasteiger partial charge in [0.2, 0.25) is 0 Å². The van der Waals surface area contributed by atoms with Crippen molar-refractivity contribution in [2.24, 2.45) is 17.8 Å². The van der Waals surface area contributed by atoms with Gasteiger partial charge in [0.1, 0.15) is 5.78 Å². The predicted molar refractivity (Wildman–Crippen MR) is 116 cm³/mol. The van der Waals surface area contributed by atoms with Gasteiger partial charge in [-0.05, 0) is 35.8 Å². The van der Waals surface area contributed by atoms with E-state index in [1.165, 1.54) is 24.0 Å². The number of ketones is 1. The highest BCUT2D eigenvalue weighted by Crippen LogP contribution is 2.42. The number of Topliss-reactive ketones (excluding diaryl/α,β-unsaturated/α-hetero) is 1. The minimum Gasteiger partial charge on any atom is -0.377 e. The number of rotatable bonds is 8. The molecular formula is C26H33NO2. The first-order valence-corrected chi connectivity index (χ1v) is 11.2. The summed E-state index contributed by atoms with van der Waals surface area (Å²) in [4.78, 5) is 15.6. The number of hydrogen-bond donors (Lipinski definition) is 0. The van der Waals surface area contributed by atoms with E-state index in [0.29, 0.717) is 36.9 Å². The monoisotopic (exact) mass is 391 g/mol. The number of likely N-dealkylation sites (tertiary alicyclic amines) is 1. The van der Waals surface area contributed by atoms with Crippen molar-refractivity contribution < 1.29 is 9.53 Å². The van der Waals surface area contributed by atoms with E-state index >= 15 is 0 Å². The largest absolute Gasteiger partial charge is 0.377 e. The van der Waals surface area contributed by atoms with Crippen LogP contribution in [0.3, 0.4) is 0 Å². The van der Waals surface area contributed by atoms with E-state index in [2.05, 4.69) is 54.3 Å². The Morgan fingerprint density at radius 3 is 2.38 bits per heavy atom. The maximum Gasteiger partial charge on any atom is 0.137 e. The molecule has 1 aliphatic carbocycles. The number of fused-ring (bicyclic) bond motifs is 2. The van der Waals surface area contributed by atoms with Crippen molar-refractivity contribution >= 4 is 5.78 Å². The summed E-state index contributed by atoms with van der Waals surface area (Å²) >= 11 is 0. The van der Waals surface area contributed by atoms with Crippen molar-refractivity contribution in [3.63, 3.8) is 0 Å². The lowest BCUT2D eigenvalue weighted by Crippen LogP contribution is -2.55. The molecule has 0 amide bonds. The Balaban J connectivity index is 1.40. The number of piperidine rings is 1. The zero-order valence-corrected chi connectivity index (χ0v) is 17.5. The molecule has 0 aromatic heterocycles. The third-order valence-corrected chi connectivity index (χ3v) is 6.93. The van der Waals surface area contributed by atoms with Crippen molar-refractivity contribution in [1.82, 2.24) is 4.90 Å². The van der Waals surface area contributed by atoms with Gasteiger partial charge in [0.25, 0.3) is 0 Å². The lowest BCUT2D eigenvalue weighted by molar-refractivity contribution is -0.136. The zero-order valence-electron chi connectivity index (χ0n) is 17.5. The highest BCUT2D eigenvalue weighted by molar-refractivity contribution is 5.83. The second kappa shape index (κ2) is 9.69. The molecule has 3 heteroatoms. The standard InChI is InChI=1S/C26H33NO2/c1-2-22-18-27(17-20-9-5-3-6-10-20)25-15-23(22)16-26(28)24(25)13-14-29-19-21-11-7-4-8-12-21/h3-12,22-25H,2,13-19H2,1H3/t22-,23+,24+,25+/m1/s1. The van der Waals surface area contributed by atoms with Crippen molar-refractivity contribution in [3.8, 4) is 0 Å². The molecule has 2 aromatic carbocycles. The molecule has 2 aliphatic rings. The van der Waals surface area contributed by atoms with Crippen molar-refractivity contribution in [2.45, 2.75) is 51.8 Å². The summed E-state index contributed by atoms with van der Waals surface area (Å²) in [6.45, 7) is 5.63. The van der Waals surface area contributed by atoms with Gasteiger partial charge in [-0.3, -0.25) is 9.69 Å². The maximum absolute atomic E-state index is 13.0. The Labute approximate surface area is 175 Å². The van der Waals surface area contributed by atoms with Gasteiger partial charge >= 0.3 is 0 Å². The van der Waals surface area contributed by atoms with Gasteiger partial charge in [0.05, 0.1) is 6.61 Å². The molecule has 154 valence electrons. The van der Waals surface area contributed by atoms with Crippen LogP contribution >= 0.6 is 0 Å². The van der Waals surface area contributed by atoms with Gasteiger partial charge in [0.15, 0.2) is 0 Å². The Morgan fingerprint density at radius 1 is 1.00 bits per heavy atom. The summed E-state index contributed by atoms with van der Waals surface area (Å²) in [5.74, 6) is 1.80. The van der Waals surface area contributed by atoms with Crippen LogP contribution in [0, 0.1) is 17.8 Å². The van der Waals surface area contributed by atoms with Crippen molar-refractivity contribution in [1.29, 1.82) is 0 Å². The molecule has 1 saturated carbocycles. The third kappa shape index (κ3) is 4.96. The number of carbonyl (C=O) groups is 1. The first-order chi connectivity index (χ1) is 14.2. The summed E-state index contributed by atoms with van der Waals surface area (Å²) in [5.41, 5.74) is 2.54. The van der Waals surface area contributed by atoms with Crippen LogP contribution in [-0.4, -0.2) is 29.9 Å². The Bertz CT molecular complexity index is 776. The highest BCUT2D eigenvalue weighted by atomic mass is 16.5. The molecule has 1 heterocycles. The topological polar surface area (TPSA) is 29.5 Å². The van der Waals surface area contributed by atoms with Crippen LogP contribution in [0.25, 0.3) is 0 Å². The second-order valence-electron chi connectivity index (χ2n) is 8.75. The lowest BCUT2D eigenvalue weighted by atomic mass is 9.67. The van der Waals surface area contributed by atoms with Crippen LogP contribution in [0.5, 0.6) is 0 Å². The summed E-state index contributed by atoms with van der Waals surface area (Å²) in [6, 6.07) is 21.3. The van der Waals surface area contributed by atoms with Crippen LogP contribution in [0.2, 0.25) is 0 Å². The summed E-state index contributed by atoms with van der Waals surface area (Å²) in [6.07, 6.45) is 3.95. The van der Waals surface area contributed by atoms with E-state index in [1.807, 2.05) is 18.2 Å². The second-order valence-corrected chi connectivity index (χ2v) is 8.75. The molecular weight excluding hydrogens is 358 g/mol. The third-order valence-electron chi connectivity index (χ3n) is 6.93. The fraction of sp³-hybridized carbons (Fsp3) is 0.500. The molecule has 1 aliphatic heterocycles. The van der Waals surface area contributed by atoms with Gasteiger partial charge in [-0.2, -0.15) is 0 Å². The summed E-state index contributed by atoms with van der Waals surface area (Å²) in [7, 11) is 0. The smallest absolute Gasteiger partial charge is 0.137 e. The molecule has 4 atom stereocenters. The molecule has 3 nitrogen and oxygen atoms in total. The first-order valence-electron chi connectivity index (χ1n) is 11.2. The Kier molecular flexibility index (Phi) is 6.78. The normalized spacial score (nSPS) is 27.1. The molecule has 1 saturated heterocycles. The molecule has 0 unspecified atom stereocenters. The van der Waals surface area contributed by atoms with Crippen LogP contribution < -0.4 is 0 Å². The minimum absolute atomic E-state index is 0.114. The molecule has 0 radical (unpaired) electrons. The molecule has 2 aromatic rings. The Hall–Kier alpha value is -1.97. The highest BCUT2D eigenvalue weighted by Gasteiger charge is 2.45. The number of hydrogen-bond acceptors (Lipinski definition) is 3. The van der Waals surface area contributed by atoms with Gasteiger partial charge in [0, 0.05) is 38.1 Å². The van der Waals surface area contributed by atoms with Crippen LogP contribution in [-0.2, 0) is 22.7 Å². The molecule has 29 heavy (non-hydrogen) atoms. The number of benzene rings is 2. The van der Waals surface area contributed by atoms with E-state index in [4.69, 9.17) is 4.74 Å². The van der Waals surface area contributed by atoms with Gasteiger partial charge < -0.3 is 4.74 Å². The number of carbonyl (C=O) groups excluding carboxylic acids is 1. The van der Waals surface area contributed by atoms with E-state index in [9.17, 15) is 4.79 Å². The molecule has 2 fully saturated rings. The number of ether oxygens (including phenoxy) is 1. The Morgan fingerprint density at radius 2 is 1.69 bits per heavy atom. The number of nitrogens with zero attached hydrogens (tertiary/aromatic N) is 1. The molecule has 2 bridgehead atoms. The van der Waals surface area contributed by atoms with E-state index in [-0.39, 0.29) is 5.92 Å². The predicted octanol–water partition coefficient (Wildman–Crippen LogP) is 5.10. The van der Waals surface area contributed by atoms with E-state index in [0.717, 1.165) is 25.9 Å². The summed E-state index contributed by atoms with van der Waals surface area (Å²) in [5, 5.41) is 0. The van der Waals surface area contributed by atoms with Crippen LogP contribution in [0.1, 0.15) is 43.7 Å². The fourth-order valence-corrected chi connectivity index (χ4v) is 5.32. The van der Waals surface area contributed by atoms with Crippen molar-refractivity contribution in [2.75, 3.05) is 13.2 Å². The minimum atomic E-state index is 0.114. The van der Waals surface area contributed by atoms with E-state index in [1.54, 1.807) is 0 Å². The van der Waals surface area contributed by atoms with Crippen LogP contribution in [0.15, 0.2) is 60.7 Å². The van der Waals surface area contributed by atoms with E-state index < -0.39 is 0 Å². The quantitative estimate of drug-likeness (QED) is 0.587. The lowest BCUT2D eigenvalue weighted by Gasteiger charge is -2.50. The van der Waals surface area contributed by atoms with Gasteiger partial charge in [-0.15, -0.1) is 0 Å². The van der Waals surface area contributed by atoms with Crippen LogP contribution in [0.4, 0.5) is 0 Å². The maximum atomic E-state index is 13.0. The SMILES string of the molecule is CC[C@@H]1CN(Cc2ccccc2)[C@H]2C[C@H]1CC(=O)[C@H]2CCOCc1ccccc1. The first kappa shape index (κ1) is 20.3.